The maximum Gasteiger partial charge on any atom is 0.227 e. The third-order valence-electron chi connectivity index (χ3n) is 8.85. The molecule has 0 bridgehead atoms. The Morgan fingerprint density at radius 3 is 1.33 bits per heavy atom. The van der Waals surface area contributed by atoms with Crippen LogP contribution < -0.4 is 0 Å². The first kappa shape index (κ1) is 28.5. The number of fused-ring (bicyclic) bond motifs is 3. The van der Waals surface area contributed by atoms with Gasteiger partial charge >= 0.3 is 0 Å². The lowest BCUT2D eigenvalue weighted by atomic mass is 10.0. The predicted molar refractivity (Wildman–Crippen MR) is 198 cm³/mol. The zero-order chi connectivity index (χ0) is 32.6. The molecule has 0 amide bonds. The van der Waals surface area contributed by atoms with Gasteiger partial charge in [0.15, 0.2) is 17.5 Å². The first-order valence-electron chi connectivity index (χ1n) is 16.2. The first-order valence-corrected chi connectivity index (χ1v) is 16.2. The summed E-state index contributed by atoms with van der Waals surface area (Å²) in [6.07, 6.45) is 1.80. The fourth-order valence-electron chi connectivity index (χ4n) is 6.34. The summed E-state index contributed by atoms with van der Waals surface area (Å²) in [7, 11) is 0. The van der Waals surface area contributed by atoms with Crippen LogP contribution in [0.4, 0.5) is 0 Å². The largest absolute Gasteiger partial charge is 0.438 e. The van der Waals surface area contributed by atoms with E-state index >= 15 is 0 Å². The Labute approximate surface area is 283 Å². The number of hydrogen-bond acceptors (Lipinski definition) is 5. The molecule has 6 aromatic carbocycles. The number of hydrogen-bond donors (Lipinski definition) is 0. The highest BCUT2D eigenvalue weighted by molar-refractivity contribution is 6.11. The lowest BCUT2D eigenvalue weighted by Gasteiger charge is -2.10. The molecule has 5 heteroatoms. The number of benzene rings is 6. The maximum absolute atomic E-state index is 6.33. The van der Waals surface area contributed by atoms with Crippen LogP contribution in [0.25, 0.3) is 89.6 Å². The van der Waals surface area contributed by atoms with E-state index < -0.39 is 0 Å². The zero-order valence-corrected chi connectivity index (χ0v) is 26.4. The monoisotopic (exact) mass is 628 g/mol. The van der Waals surface area contributed by atoms with Gasteiger partial charge in [-0.15, -0.1) is 0 Å². The molecule has 49 heavy (non-hydrogen) atoms. The second kappa shape index (κ2) is 12.1. The molecule has 0 spiro atoms. The van der Waals surface area contributed by atoms with Crippen LogP contribution in [0.1, 0.15) is 0 Å². The van der Waals surface area contributed by atoms with Crippen molar-refractivity contribution in [2.24, 2.45) is 0 Å². The van der Waals surface area contributed by atoms with E-state index in [1.807, 2.05) is 66.7 Å². The van der Waals surface area contributed by atoms with E-state index in [1.54, 1.807) is 6.20 Å². The Morgan fingerprint density at radius 2 is 0.796 bits per heavy atom. The number of nitrogens with zero attached hydrogens (tertiary/aromatic N) is 4. The van der Waals surface area contributed by atoms with E-state index in [-0.39, 0.29) is 0 Å². The molecule has 9 aromatic rings. The van der Waals surface area contributed by atoms with Crippen molar-refractivity contribution < 1.29 is 4.42 Å². The van der Waals surface area contributed by atoms with Crippen molar-refractivity contribution in [2.75, 3.05) is 0 Å². The van der Waals surface area contributed by atoms with Crippen LogP contribution in [0.15, 0.2) is 174 Å². The predicted octanol–water partition coefficient (Wildman–Crippen LogP) is 11.2. The molecule has 0 N–H and O–H groups in total. The van der Waals surface area contributed by atoms with Crippen LogP contribution >= 0.6 is 0 Å². The van der Waals surface area contributed by atoms with Crippen molar-refractivity contribution in [1.82, 2.24) is 19.9 Å². The van der Waals surface area contributed by atoms with Crippen LogP contribution in [0.2, 0.25) is 0 Å². The summed E-state index contributed by atoms with van der Waals surface area (Å²) in [4.78, 5) is 19.6. The summed E-state index contributed by atoms with van der Waals surface area (Å²) in [5.74, 6) is 1.77. The Bertz CT molecular complexity index is 2460. The quantitative estimate of drug-likeness (QED) is 0.183. The summed E-state index contributed by atoms with van der Waals surface area (Å²) in [5, 5.41) is 1.98. The molecule has 0 saturated heterocycles. The van der Waals surface area contributed by atoms with Gasteiger partial charge in [-0.25, -0.2) is 19.9 Å². The van der Waals surface area contributed by atoms with E-state index in [0.29, 0.717) is 23.2 Å². The maximum atomic E-state index is 6.33. The van der Waals surface area contributed by atoms with Crippen LogP contribution in [-0.2, 0) is 0 Å². The highest BCUT2D eigenvalue weighted by Crippen LogP contribution is 2.37. The van der Waals surface area contributed by atoms with Gasteiger partial charge in [0.1, 0.15) is 5.58 Å². The Kier molecular flexibility index (Phi) is 7.06. The van der Waals surface area contributed by atoms with Crippen molar-refractivity contribution in [3.8, 4) is 67.5 Å². The molecule has 0 fully saturated rings. The van der Waals surface area contributed by atoms with E-state index in [4.69, 9.17) is 19.4 Å². The lowest BCUT2D eigenvalue weighted by molar-refractivity contribution is 0.654. The van der Waals surface area contributed by atoms with Gasteiger partial charge in [-0.1, -0.05) is 146 Å². The molecule has 3 heterocycles. The van der Waals surface area contributed by atoms with Gasteiger partial charge in [-0.2, -0.15) is 0 Å². The molecule has 0 radical (unpaired) electrons. The molecule has 0 atom stereocenters. The lowest BCUT2D eigenvalue weighted by Crippen LogP contribution is -2.00. The normalized spacial score (nSPS) is 11.3. The van der Waals surface area contributed by atoms with Crippen molar-refractivity contribution in [2.45, 2.75) is 0 Å². The zero-order valence-electron chi connectivity index (χ0n) is 26.4. The molecule has 3 aromatic heterocycles. The van der Waals surface area contributed by atoms with Crippen LogP contribution in [0.5, 0.6) is 0 Å². The molecule has 0 unspecified atom stereocenters. The van der Waals surface area contributed by atoms with Gasteiger partial charge < -0.3 is 4.42 Å². The van der Waals surface area contributed by atoms with Crippen molar-refractivity contribution in [3.05, 3.63) is 170 Å². The smallest absolute Gasteiger partial charge is 0.227 e. The number of furan rings is 1. The highest BCUT2D eigenvalue weighted by Gasteiger charge is 2.17. The minimum absolute atomic E-state index is 0.567. The average Bonchev–Trinajstić information content (AvgIpc) is 3.57. The van der Waals surface area contributed by atoms with Crippen molar-refractivity contribution >= 4 is 22.1 Å². The first-order chi connectivity index (χ1) is 24.3. The number of rotatable bonds is 6. The molecule has 0 aliphatic rings. The molecule has 5 nitrogen and oxygen atoms in total. The van der Waals surface area contributed by atoms with Gasteiger partial charge in [0.25, 0.3) is 0 Å². The summed E-state index contributed by atoms with van der Waals surface area (Å²) in [5.41, 5.74) is 10.8. The van der Waals surface area contributed by atoms with E-state index in [9.17, 15) is 0 Å². The van der Waals surface area contributed by atoms with Gasteiger partial charge in [-0.3, -0.25) is 0 Å². The molecule has 0 saturated carbocycles. The molecule has 0 aliphatic heterocycles. The van der Waals surface area contributed by atoms with Gasteiger partial charge in [0, 0.05) is 28.3 Å². The Balaban J connectivity index is 1.16. The van der Waals surface area contributed by atoms with Crippen molar-refractivity contribution in [3.63, 3.8) is 0 Å². The van der Waals surface area contributed by atoms with Gasteiger partial charge in [-0.05, 0) is 51.6 Å². The molecular formula is C44H28N4O. The van der Waals surface area contributed by atoms with E-state index in [2.05, 4.69) is 102 Å². The fourth-order valence-corrected chi connectivity index (χ4v) is 6.34. The fraction of sp³-hybridized carbons (Fsp3) is 0. The summed E-state index contributed by atoms with van der Waals surface area (Å²) in [6.45, 7) is 0. The van der Waals surface area contributed by atoms with Gasteiger partial charge in [0.2, 0.25) is 5.71 Å². The minimum Gasteiger partial charge on any atom is -0.438 e. The Morgan fingerprint density at radius 1 is 0.367 bits per heavy atom. The molecule has 230 valence electrons. The summed E-state index contributed by atoms with van der Waals surface area (Å²) < 4.78 is 6.33. The minimum atomic E-state index is 0.567. The highest BCUT2D eigenvalue weighted by atomic mass is 16.3. The number of pyridine rings is 1. The van der Waals surface area contributed by atoms with E-state index in [1.165, 1.54) is 0 Å². The topological polar surface area (TPSA) is 64.7 Å². The Hall–Kier alpha value is -6.72. The molecular weight excluding hydrogens is 601 g/mol. The van der Waals surface area contributed by atoms with Crippen molar-refractivity contribution in [1.29, 1.82) is 0 Å². The second-order valence-electron chi connectivity index (χ2n) is 11.9. The summed E-state index contributed by atoms with van der Waals surface area (Å²) in [6, 6.07) is 55.9. The third kappa shape index (κ3) is 5.43. The molecule has 9 rings (SSSR count). The number of aromatic nitrogens is 4. The molecule has 0 aliphatic carbocycles. The van der Waals surface area contributed by atoms with Crippen LogP contribution in [-0.4, -0.2) is 19.9 Å². The third-order valence-corrected chi connectivity index (χ3v) is 8.85. The van der Waals surface area contributed by atoms with Crippen LogP contribution in [0, 0.1) is 0 Å². The van der Waals surface area contributed by atoms with Crippen LogP contribution in [0.3, 0.4) is 0 Å². The average molecular weight is 629 g/mol. The second-order valence-corrected chi connectivity index (χ2v) is 11.9. The van der Waals surface area contributed by atoms with E-state index in [0.717, 1.165) is 66.4 Å². The SMILES string of the molecule is c1ccc(-c2ccc(-c3nc(-c4ccc(-c5ccccc5)cc4)nc(-c4ccc5c(c4)oc4nccc(-c6ccccc6)c45)n3)cc2)cc1. The standard InChI is InChI=1S/C44H28N4O/c1-4-10-29(11-5-1)31-16-20-34(21-17-31)41-46-42(35-22-18-32(19-23-35)30-12-6-2-7-13-30)48-43(47-41)36-24-25-38-39(28-36)49-44-40(38)37(26-27-45-44)33-14-8-3-9-15-33/h1-28H. The summed E-state index contributed by atoms with van der Waals surface area (Å²) >= 11 is 0. The van der Waals surface area contributed by atoms with Gasteiger partial charge in [0.05, 0.1) is 5.39 Å².